The van der Waals surface area contributed by atoms with E-state index in [1.807, 2.05) is 6.07 Å². The first-order chi connectivity index (χ1) is 9.28. The van der Waals surface area contributed by atoms with Crippen LogP contribution in [0.3, 0.4) is 0 Å². The Balaban J connectivity index is 1.89. The Bertz CT molecular complexity index is 473. The van der Waals surface area contributed by atoms with E-state index < -0.39 is 0 Å². The highest BCUT2D eigenvalue weighted by Gasteiger charge is 2.15. The van der Waals surface area contributed by atoms with Crippen molar-refractivity contribution in [2.24, 2.45) is 5.73 Å². The first-order valence-electron chi connectivity index (χ1n) is 6.45. The quantitative estimate of drug-likeness (QED) is 0.843. The van der Waals surface area contributed by atoms with Crippen molar-refractivity contribution in [2.45, 2.75) is 25.6 Å². The van der Waals surface area contributed by atoms with Gasteiger partial charge in [0.25, 0.3) is 0 Å². The largest absolute Gasteiger partial charge is 0.376 e. The SMILES string of the molecule is NCC#Cc1cc(F)cc(COCC2CCCO2)c1. The van der Waals surface area contributed by atoms with Crippen LogP contribution in [0.25, 0.3) is 0 Å². The molecule has 1 aromatic rings. The van der Waals surface area contributed by atoms with Gasteiger partial charge in [0.15, 0.2) is 0 Å². The van der Waals surface area contributed by atoms with Crippen LogP contribution in [0.5, 0.6) is 0 Å². The van der Waals surface area contributed by atoms with E-state index >= 15 is 0 Å². The summed E-state index contributed by atoms with van der Waals surface area (Å²) in [4.78, 5) is 0. The Hall–Kier alpha value is -1.41. The zero-order valence-electron chi connectivity index (χ0n) is 10.8. The fraction of sp³-hybridized carbons (Fsp3) is 0.467. The first-order valence-corrected chi connectivity index (χ1v) is 6.45. The molecule has 1 saturated heterocycles. The van der Waals surface area contributed by atoms with Gasteiger partial charge in [-0.05, 0) is 36.6 Å². The van der Waals surface area contributed by atoms with Crippen molar-refractivity contribution < 1.29 is 13.9 Å². The average molecular weight is 263 g/mol. The van der Waals surface area contributed by atoms with Crippen LogP contribution in [0.4, 0.5) is 4.39 Å². The third-order valence-corrected chi connectivity index (χ3v) is 2.89. The van der Waals surface area contributed by atoms with Gasteiger partial charge in [-0.25, -0.2) is 4.39 Å². The van der Waals surface area contributed by atoms with E-state index in [4.69, 9.17) is 15.2 Å². The lowest BCUT2D eigenvalue weighted by atomic mass is 10.1. The maximum absolute atomic E-state index is 13.4. The summed E-state index contributed by atoms with van der Waals surface area (Å²) in [6.45, 7) is 2.00. The van der Waals surface area contributed by atoms with Crippen molar-refractivity contribution in [2.75, 3.05) is 19.8 Å². The van der Waals surface area contributed by atoms with Crippen LogP contribution in [-0.2, 0) is 16.1 Å². The average Bonchev–Trinajstić information content (AvgIpc) is 2.89. The van der Waals surface area contributed by atoms with Crippen LogP contribution >= 0.6 is 0 Å². The Morgan fingerprint density at radius 3 is 3.05 bits per heavy atom. The van der Waals surface area contributed by atoms with Crippen LogP contribution in [0, 0.1) is 17.7 Å². The summed E-state index contributed by atoms with van der Waals surface area (Å²) in [6, 6.07) is 4.68. The predicted molar refractivity (Wildman–Crippen MR) is 71.0 cm³/mol. The number of nitrogens with two attached hydrogens (primary N) is 1. The van der Waals surface area contributed by atoms with Gasteiger partial charge in [0.1, 0.15) is 5.82 Å². The van der Waals surface area contributed by atoms with Gasteiger partial charge in [-0.15, -0.1) is 0 Å². The number of hydrogen-bond donors (Lipinski definition) is 1. The van der Waals surface area contributed by atoms with Crippen LogP contribution in [-0.4, -0.2) is 25.9 Å². The second-order valence-electron chi connectivity index (χ2n) is 4.50. The second-order valence-corrected chi connectivity index (χ2v) is 4.50. The van der Waals surface area contributed by atoms with Gasteiger partial charge in [0.2, 0.25) is 0 Å². The highest BCUT2D eigenvalue weighted by Crippen LogP contribution is 2.14. The Morgan fingerprint density at radius 1 is 1.42 bits per heavy atom. The van der Waals surface area contributed by atoms with E-state index in [0.717, 1.165) is 25.0 Å². The van der Waals surface area contributed by atoms with Crippen molar-refractivity contribution in [3.63, 3.8) is 0 Å². The summed E-state index contributed by atoms with van der Waals surface area (Å²) in [5.74, 6) is 5.23. The van der Waals surface area contributed by atoms with Crippen LogP contribution in [0.2, 0.25) is 0 Å². The third-order valence-electron chi connectivity index (χ3n) is 2.89. The molecule has 1 atom stereocenters. The van der Waals surface area contributed by atoms with Crippen LogP contribution < -0.4 is 5.73 Å². The van der Waals surface area contributed by atoms with Crippen molar-refractivity contribution in [1.29, 1.82) is 0 Å². The molecule has 0 aromatic heterocycles. The van der Waals surface area contributed by atoms with Crippen molar-refractivity contribution in [3.05, 3.63) is 35.1 Å². The summed E-state index contributed by atoms with van der Waals surface area (Å²) in [5, 5.41) is 0. The summed E-state index contributed by atoms with van der Waals surface area (Å²) in [7, 11) is 0. The van der Waals surface area contributed by atoms with E-state index in [9.17, 15) is 4.39 Å². The lowest BCUT2D eigenvalue weighted by Crippen LogP contribution is -2.13. The highest BCUT2D eigenvalue weighted by molar-refractivity contribution is 5.37. The molecule has 2 N–H and O–H groups in total. The molecule has 0 amide bonds. The van der Waals surface area contributed by atoms with Gasteiger partial charge in [0.05, 0.1) is 25.9 Å². The molecule has 1 aromatic carbocycles. The fourth-order valence-electron chi connectivity index (χ4n) is 2.04. The van der Waals surface area contributed by atoms with Gasteiger partial charge in [0, 0.05) is 12.2 Å². The third kappa shape index (κ3) is 4.64. The standard InChI is InChI=1S/C15H18FNO2/c16-14-8-12(3-1-5-17)7-13(9-14)10-18-11-15-4-2-6-19-15/h7-9,15H,2,4-6,10-11,17H2. The molecule has 2 rings (SSSR count). The number of hydrogen-bond acceptors (Lipinski definition) is 3. The minimum atomic E-state index is -0.306. The smallest absolute Gasteiger partial charge is 0.124 e. The predicted octanol–water partition coefficient (Wildman–Crippen LogP) is 1.83. The molecule has 4 heteroatoms. The fourth-order valence-corrected chi connectivity index (χ4v) is 2.04. The molecule has 0 saturated carbocycles. The van der Waals surface area contributed by atoms with Gasteiger partial charge < -0.3 is 15.2 Å². The molecule has 3 nitrogen and oxygen atoms in total. The second kappa shape index (κ2) is 7.25. The minimum Gasteiger partial charge on any atom is -0.376 e. The normalized spacial score (nSPS) is 18.1. The maximum atomic E-state index is 13.4. The molecule has 19 heavy (non-hydrogen) atoms. The number of rotatable bonds is 4. The minimum absolute atomic E-state index is 0.185. The van der Waals surface area contributed by atoms with E-state index in [1.54, 1.807) is 0 Å². The van der Waals surface area contributed by atoms with Gasteiger partial charge >= 0.3 is 0 Å². The molecule has 1 aliphatic rings. The molecule has 0 spiro atoms. The molecule has 0 aliphatic carbocycles. The monoisotopic (exact) mass is 263 g/mol. The summed E-state index contributed by atoms with van der Waals surface area (Å²) >= 11 is 0. The molecular formula is C15H18FNO2. The highest BCUT2D eigenvalue weighted by atomic mass is 19.1. The molecule has 1 aliphatic heterocycles. The van der Waals surface area contributed by atoms with E-state index in [1.165, 1.54) is 12.1 Å². The number of ether oxygens (including phenoxy) is 2. The lowest BCUT2D eigenvalue weighted by molar-refractivity contribution is 0.0105. The molecule has 102 valence electrons. The number of benzene rings is 1. The van der Waals surface area contributed by atoms with Gasteiger partial charge in [-0.2, -0.15) is 0 Å². The van der Waals surface area contributed by atoms with E-state index in [2.05, 4.69) is 11.8 Å². The lowest BCUT2D eigenvalue weighted by Gasteiger charge is -2.10. The summed E-state index contributed by atoms with van der Waals surface area (Å²) in [6.07, 6.45) is 2.31. The Kier molecular flexibility index (Phi) is 5.34. The molecular weight excluding hydrogens is 245 g/mol. The summed E-state index contributed by atoms with van der Waals surface area (Å²) in [5.41, 5.74) is 6.70. The number of halogens is 1. The Labute approximate surface area is 112 Å². The summed E-state index contributed by atoms with van der Waals surface area (Å²) < 4.78 is 24.4. The molecule has 1 unspecified atom stereocenters. The van der Waals surface area contributed by atoms with Gasteiger partial charge in [-0.3, -0.25) is 0 Å². The van der Waals surface area contributed by atoms with Crippen LogP contribution in [0.1, 0.15) is 24.0 Å². The zero-order valence-corrected chi connectivity index (χ0v) is 10.8. The van der Waals surface area contributed by atoms with Crippen molar-refractivity contribution in [1.82, 2.24) is 0 Å². The molecule has 0 bridgehead atoms. The van der Waals surface area contributed by atoms with Gasteiger partial charge in [-0.1, -0.05) is 11.8 Å². The van der Waals surface area contributed by atoms with Crippen molar-refractivity contribution >= 4 is 0 Å². The Morgan fingerprint density at radius 2 is 2.32 bits per heavy atom. The molecule has 1 fully saturated rings. The van der Waals surface area contributed by atoms with Crippen molar-refractivity contribution in [3.8, 4) is 11.8 Å². The molecule has 0 radical (unpaired) electrons. The van der Waals surface area contributed by atoms with Crippen LogP contribution in [0.15, 0.2) is 18.2 Å². The topological polar surface area (TPSA) is 44.5 Å². The first kappa shape index (κ1) is 14.0. The van der Waals surface area contributed by atoms with E-state index in [0.29, 0.717) is 18.8 Å². The maximum Gasteiger partial charge on any atom is 0.124 e. The molecule has 1 heterocycles. The van der Waals surface area contributed by atoms with E-state index in [-0.39, 0.29) is 18.5 Å². The zero-order chi connectivity index (χ0) is 13.5.